The van der Waals surface area contributed by atoms with Crippen molar-refractivity contribution in [2.75, 3.05) is 6.61 Å². The van der Waals surface area contributed by atoms with Gasteiger partial charge in [0.05, 0.1) is 6.10 Å². The van der Waals surface area contributed by atoms with Crippen molar-refractivity contribution in [3.8, 4) is 0 Å². The molecule has 3 rings (SSSR count). The first-order valence-electron chi connectivity index (χ1n) is 10.1. The predicted molar refractivity (Wildman–Crippen MR) is 103 cm³/mol. The summed E-state index contributed by atoms with van der Waals surface area (Å²) in [4.78, 5) is 10.9. The molecule has 27 heavy (non-hydrogen) atoms. The van der Waals surface area contributed by atoms with E-state index >= 15 is 0 Å². The lowest BCUT2D eigenvalue weighted by atomic mass is 9.46. The van der Waals surface area contributed by atoms with Crippen LogP contribution in [0.15, 0.2) is 23.8 Å². The SMILES string of the molecule is C=C(C(O)C(O)/C=C(\C)COC(C)=O)C1CC(O)[C@]2(C)C3CC[C@@H](C)C3[C@H]12. The van der Waals surface area contributed by atoms with Crippen molar-refractivity contribution in [1.82, 2.24) is 0 Å². The smallest absolute Gasteiger partial charge is 0.302 e. The Balaban J connectivity index is 1.70. The molecule has 0 saturated heterocycles. The number of hydrogen-bond donors (Lipinski definition) is 3. The van der Waals surface area contributed by atoms with Gasteiger partial charge in [-0.3, -0.25) is 4.79 Å². The lowest BCUT2D eigenvalue weighted by Crippen LogP contribution is -2.57. The van der Waals surface area contributed by atoms with Crippen LogP contribution in [0.3, 0.4) is 0 Å². The Morgan fingerprint density at radius 3 is 2.63 bits per heavy atom. The highest BCUT2D eigenvalue weighted by molar-refractivity contribution is 5.66. The molecule has 9 atom stereocenters. The van der Waals surface area contributed by atoms with Crippen LogP contribution in [0, 0.1) is 35.0 Å². The summed E-state index contributed by atoms with van der Waals surface area (Å²) in [6.07, 6.45) is 1.95. The Hall–Kier alpha value is -1.17. The van der Waals surface area contributed by atoms with Crippen molar-refractivity contribution in [2.24, 2.45) is 35.0 Å². The molecular formula is C22H34O5. The van der Waals surface area contributed by atoms with Crippen LogP contribution in [-0.2, 0) is 9.53 Å². The minimum Gasteiger partial charge on any atom is -0.461 e. The third-order valence-electron chi connectivity index (χ3n) is 7.75. The molecule has 0 heterocycles. The van der Waals surface area contributed by atoms with E-state index in [1.165, 1.54) is 25.8 Å². The summed E-state index contributed by atoms with van der Waals surface area (Å²) >= 11 is 0. The Kier molecular flexibility index (Phi) is 5.59. The molecule has 3 saturated carbocycles. The molecule has 0 spiro atoms. The van der Waals surface area contributed by atoms with Gasteiger partial charge in [-0.15, -0.1) is 0 Å². The van der Waals surface area contributed by atoms with Crippen LogP contribution in [-0.4, -0.2) is 46.2 Å². The van der Waals surface area contributed by atoms with Gasteiger partial charge >= 0.3 is 5.97 Å². The van der Waals surface area contributed by atoms with Crippen molar-refractivity contribution in [1.29, 1.82) is 0 Å². The van der Waals surface area contributed by atoms with Gasteiger partial charge in [0.25, 0.3) is 0 Å². The third kappa shape index (κ3) is 3.28. The summed E-state index contributed by atoms with van der Waals surface area (Å²) < 4.78 is 4.92. The number of ether oxygens (including phenoxy) is 1. The molecule has 152 valence electrons. The Labute approximate surface area is 162 Å². The molecule has 0 bridgehead atoms. The Morgan fingerprint density at radius 2 is 2.00 bits per heavy atom. The summed E-state index contributed by atoms with van der Waals surface area (Å²) in [7, 11) is 0. The first-order valence-corrected chi connectivity index (χ1v) is 10.1. The number of hydrogen-bond acceptors (Lipinski definition) is 5. The summed E-state index contributed by atoms with van der Waals surface area (Å²) in [6.45, 7) is 11.8. The zero-order chi connectivity index (χ0) is 20.1. The first-order chi connectivity index (χ1) is 12.6. The van der Waals surface area contributed by atoms with E-state index in [0.717, 1.165) is 0 Å². The molecule has 6 unspecified atom stereocenters. The van der Waals surface area contributed by atoms with Gasteiger partial charge in [-0.2, -0.15) is 0 Å². The fraction of sp³-hybridized carbons (Fsp3) is 0.773. The lowest BCUT2D eigenvalue weighted by molar-refractivity contribution is -0.144. The minimum absolute atomic E-state index is 0.0265. The minimum atomic E-state index is -1.10. The Morgan fingerprint density at radius 1 is 1.33 bits per heavy atom. The number of fused-ring (bicyclic) bond motifs is 4. The molecule has 0 aromatic carbocycles. The lowest BCUT2D eigenvalue weighted by Gasteiger charge is -2.58. The van der Waals surface area contributed by atoms with Crippen LogP contribution in [0.25, 0.3) is 0 Å². The maximum absolute atomic E-state index is 10.9. The molecule has 5 heteroatoms. The highest BCUT2D eigenvalue weighted by atomic mass is 16.5. The normalized spacial score (nSPS) is 42.7. The zero-order valence-corrected chi connectivity index (χ0v) is 16.9. The Bertz CT molecular complexity index is 641. The predicted octanol–water partition coefficient (Wildman–Crippen LogP) is 2.45. The van der Waals surface area contributed by atoms with Crippen molar-refractivity contribution in [3.05, 3.63) is 23.8 Å². The molecule has 3 aliphatic rings. The average molecular weight is 379 g/mol. The van der Waals surface area contributed by atoms with Crippen LogP contribution in [0.2, 0.25) is 0 Å². The van der Waals surface area contributed by atoms with Gasteiger partial charge in [-0.25, -0.2) is 0 Å². The fourth-order valence-corrected chi connectivity index (χ4v) is 6.38. The topological polar surface area (TPSA) is 87.0 Å². The van der Waals surface area contributed by atoms with Crippen LogP contribution >= 0.6 is 0 Å². The molecule has 5 nitrogen and oxygen atoms in total. The monoisotopic (exact) mass is 378 g/mol. The molecule has 0 aromatic heterocycles. The maximum atomic E-state index is 10.9. The molecular weight excluding hydrogens is 344 g/mol. The van der Waals surface area contributed by atoms with Gasteiger partial charge in [0, 0.05) is 12.3 Å². The van der Waals surface area contributed by atoms with E-state index in [0.29, 0.717) is 41.2 Å². The molecule has 0 aliphatic heterocycles. The van der Waals surface area contributed by atoms with Crippen LogP contribution in [0.1, 0.15) is 47.0 Å². The number of rotatable bonds is 6. The number of aliphatic hydroxyl groups excluding tert-OH is 3. The molecule has 3 fully saturated rings. The van der Waals surface area contributed by atoms with E-state index in [-0.39, 0.29) is 30.0 Å². The number of carbonyl (C=O) groups excluding carboxylic acids is 1. The second kappa shape index (κ2) is 7.34. The standard InChI is InChI=1S/C22H34O5/c1-11(10-27-14(4)23)8-17(24)21(26)13(3)15-9-18(25)22(5)16-7-6-12(2)19(16)20(15)22/h8,12,15-21,24-26H,3,6-7,9-10H2,1-2,4-5H3/b11-8+/t12-,15?,16?,17?,18?,19?,20+,21?,22+/m1/s1. The van der Waals surface area contributed by atoms with Crippen molar-refractivity contribution >= 4 is 5.97 Å². The summed E-state index contributed by atoms with van der Waals surface area (Å²) in [5.41, 5.74) is 1.20. The first kappa shape index (κ1) is 20.6. The number of esters is 1. The van der Waals surface area contributed by atoms with Crippen LogP contribution in [0.5, 0.6) is 0 Å². The van der Waals surface area contributed by atoms with Gasteiger partial charge in [-0.1, -0.05) is 32.9 Å². The van der Waals surface area contributed by atoms with E-state index in [1.807, 2.05) is 0 Å². The second-order valence-electron chi connectivity index (χ2n) is 9.29. The van der Waals surface area contributed by atoms with E-state index in [2.05, 4.69) is 20.4 Å². The molecule has 0 radical (unpaired) electrons. The molecule has 0 amide bonds. The highest BCUT2D eigenvalue weighted by Crippen LogP contribution is 2.73. The summed E-state index contributed by atoms with van der Waals surface area (Å²) in [6, 6.07) is 0. The van der Waals surface area contributed by atoms with Crippen molar-refractivity contribution < 1.29 is 24.9 Å². The number of carbonyl (C=O) groups is 1. The van der Waals surface area contributed by atoms with Gasteiger partial charge in [0.15, 0.2) is 0 Å². The highest BCUT2D eigenvalue weighted by Gasteiger charge is 2.70. The maximum Gasteiger partial charge on any atom is 0.302 e. The van der Waals surface area contributed by atoms with Gasteiger partial charge in [0.1, 0.15) is 18.8 Å². The van der Waals surface area contributed by atoms with E-state index in [1.54, 1.807) is 6.92 Å². The van der Waals surface area contributed by atoms with E-state index < -0.39 is 12.2 Å². The summed E-state index contributed by atoms with van der Waals surface area (Å²) in [5.74, 6) is 1.76. The largest absolute Gasteiger partial charge is 0.461 e. The van der Waals surface area contributed by atoms with Gasteiger partial charge in [0.2, 0.25) is 0 Å². The zero-order valence-electron chi connectivity index (χ0n) is 16.9. The van der Waals surface area contributed by atoms with Crippen molar-refractivity contribution in [3.63, 3.8) is 0 Å². The van der Waals surface area contributed by atoms with E-state index in [9.17, 15) is 20.1 Å². The van der Waals surface area contributed by atoms with Crippen LogP contribution in [0.4, 0.5) is 0 Å². The van der Waals surface area contributed by atoms with E-state index in [4.69, 9.17) is 4.74 Å². The molecule has 3 N–H and O–H groups in total. The quantitative estimate of drug-likeness (QED) is 0.488. The van der Waals surface area contributed by atoms with Gasteiger partial charge in [-0.05, 0) is 60.5 Å². The van der Waals surface area contributed by atoms with Crippen LogP contribution < -0.4 is 0 Å². The second-order valence-corrected chi connectivity index (χ2v) is 9.29. The summed E-state index contributed by atoms with van der Waals surface area (Å²) in [5, 5.41) is 31.9. The average Bonchev–Trinajstić information content (AvgIpc) is 3.04. The molecule has 3 aliphatic carbocycles. The number of aliphatic hydroxyl groups is 3. The van der Waals surface area contributed by atoms with Crippen molar-refractivity contribution in [2.45, 2.75) is 65.3 Å². The fourth-order valence-electron chi connectivity index (χ4n) is 6.38. The molecule has 0 aromatic rings. The third-order valence-corrected chi connectivity index (χ3v) is 7.75. The van der Waals surface area contributed by atoms with Gasteiger partial charge < -0.3 is 20.1 Å².